The van der Waals surface area contributed by atoms with Crippen molar-refractivity contribution < 1.29 is 9.29 Å². The summed E-state index contributed by atoms with van der Waals surface area (Å²) in [7, 11) is 0. The topological polar surface area (TPSA) is 41.5 Å². The molecule has 2 N–H and O–H groups in total. The minimum absolute atomic E-state index is 0.343. The van der Waals surface area contributed by atoms with E-state index in [1.165, 1.54) is 23.2 Å². The SMILES string of the molecule is CSOCC(O)CNC(C)Cc1cccc(C)c1. The zero-order chi connectivity index (χ0) is 13.4. The molecule has 0 saturated heterocycles. The Labute approximate surface area is 114 Å². The molecule has 1 aromatic carbocycles. The van der Waals surface area contributed by atoms with Crippen LogP contribution in [0.4, 0.5) is 0 Å². The zero-order valence-corrected chi connectivity index (χ0v) is 12.2. The Morgan fingerprint density at radius 3 is 2.89 bits per heavy atom. The highest BCUT2D eigenvalue weighted by Crippen LogP contribution is 2.06. The lowest BCUT2D eigenvalue weighted by molar-refractivity contribution is 0.115. The molecule has 4 heteroatoms. The highest BCUT2D eigenvalue weighted by molar-refractivity contribution is 7.93. The fourth-order valence-corrected chi connectivity index (χ4v) is 2.10. The molecule has 1 rings (SSSR count). The van der Waals surface area contributed by atoms with Crippen LogP contribution in [0, 0.1) is 6.92 Å². The molecule has 0 aromatic heterocycles. The first kappa shape index (κ1) is 15.5. The summed E-state index contributed by atoms with van der Waals surface area (Å²) in [6.45, 7) is 5.16. The van der Waals surface area contributed by atoms with Crippen LogP contribution >= 0.6 is 12.0 Å². The standard InChI is InChI=1S/C14H23NO2S/c1-11-5-4-6-13(7-11)8-12(2)15-9-14(16)10-17-18-3/h4-7,12,14-16H,8-10H2,1-3H3. The molecule has 0 aliphatic carbocycles. The van der Waals surface area contributed by atoms with Gasteiger partial charge in [-0.2, -0.15) is 0 Å². The molecule has 0 bridgehead atoms. The van der Waals surface area contributed by atoms with Crippen LogP contribution < -0.4 is 5.32 Å². The van der Waals surface area contributed by atoms with Gasteiger partial charge >= 0.3 is 0 Å². The Kier molecular flexibility index (Phi) is 7.35. The third-order valence-electron chi connectivity index (χ3n) is 2.70. The fraction of sp³-hybridized carbons (Fsp3) is 0.571. The second kappa shape index (κ2) is 8.53. The van der Waals surface area contributed by atoms with E-state index in [0.29, 0.717) is 19.2 Å². The maximum Gasteiger partial charge on any atom is 0.0910 e. The molecule has 0 heterocycles. The quantitative estimate of drug-likeness (QED) is 0.710. The highest BCUT2D eigenvalue weighted by atomic mass is 32.2. The first-order valence-corrected chi connectivity index (χ1v) is 7.39. The van der Waals surface area contributed by atoms with E-state index >= 15 is 0 Å². The van der Waals surface area contributed by atoms with Gasteiger partial charge in [-0.05, 0) is 37.9 Å². The average molecular weight is 269 g/mol. The zero-order valence-electron chi connectivity index (χ0n) is 11.3. The second-order valence-corrected chi connectivity index (χ2v) is 5.18. The first-order valence-electron chi connectivity index (χ1n) is 6.24. The van der Waals surface area contributed by atoms with Gasteiger partial charge in [0.15, 0.2) is 0 Å². The van der Waals surface area contributed by atoms with E-state index in [0.717, 1.165) is 6.42 Å². The van der Waals surface area contributed by atoms with Crippen LogP contribution in [-0.2, 0) is 10.6 Å². The van der Waals surface area contributed by atoms with Gasteiger partial charge < -0.3 is 14.6 Å². The van der Waals surface area contributed by atoms with Crippen LogP contribution in [-0.4, -0.2) is 36.7 Å². The van der Waals surface area contributed by atoms with E-state index in [1.54, 1.807) is 0 Å². The van der Waals surface area contributed by atoms with Crippen molar-refractivity contribution in [2.75, 3.05) is 19.4 Å². The number of aliphatic hydroxyl groups excluding tert-OH is 1. The Morgan fingerprint density at radius 2 is 2.22 bits per heavy atom. The number of aliphatic hydroxyl groups is 1. The van der Waals surface area contributed by atoms with Gasteiger partial charge in [0.1, 0.15) is 0 Å². The summed E-state index contributed by atoms with van der Waals surface area (Å²) in [4.78, 5) is 0. The number of rotatable bonds is 8. The predicted octanol–water partition coefficient (Wildman–Crippen LogP) is 2.17. The third kappa shape index (κ3) is 6.40. The van der Waals surface area contributed by atoms with Crippen molar-refractivity contribution in [1.29, 1.82) is 0 Å². The normalized spacial score (nSPS) is 14.4. The molecule has 102 valence electrons. The summed E-state index contributed by atoms with van der Waals surface area (Å²) in [6, 6.07) is 8.86. The molecule has 0 saturated carbocycles. The van der Waals surface area contributed by atoms with Crippen molar-refractivity contribution in [2.24, 2.45) is 0 Å². The molecular formula is C14H23NO2S. The monoisotopic (exact) mass is 269 g/mol. The van der Waals surface area contributed by atoms with Gasteiger partial charge in [-0.1, -0.05) is 29.8 Å². The molecular weight excluding hydrogens is 246 g/mol. The van der Waals surface area contributed by atoms with E-state index in [9.17, 15) is 5.11 Å². The van der Waals surface area contributed by atoms with Gasteiger partial charge in [-0.15, -0.1) is 0 Å². The molecule has 0 radical (unpaired) electrons. The second-order valence-electron chi connectivity index (χ2n) is 4.61. The first-order chi connectivity index (χ1) is 8.61. The molecule has 2 atom stereocenters. The lowest BCUT2D eigenvalue weighted by atomic mass is 10.0. The van der Waals surface area contributed by atoms with E-state index in [-0.39, 0.29) is 0 Å². The highest BCUT2D eigenvalue weighted by Gasteiger charge is 2.08. The van der Waals surface area contributed by atoms with Crippen LogP contribution in [0.2, 0.25) is 0 Å². The Hall–Kier alpha value is -0.550. The number of aryl methyl sites for hydroxylation is 1. The van der Waals surface area contributed by atoms with Crippen molar-refractivity contribution in [1.82, 2.24) is 5.32 Å². The molecule has 0 fully saturated rings. The lowest BCUT2D eigenvalue weighted by Gasteiger charge is -2.17. The van der Waals surface area contributed by atoms with Gasteiger partial charge in [-0.25, -0.2) is 0 Å². The van der Waals surface area contributed by atoms with E-state index in [2.05, 4.69) is 43.4 Å². The summed E-state index contributed by atoms with van der Waals surface area (Å²) in [5.41, 5.74) is 2.61. The number of benzene rings is 1. The minimum Gasteiger partial charge on any atom is -0.389 e. The van der Waals surface area contributed by atoms with Gasteiger partial charge in [-0.3, -0.25) is 0 Å². The Balaban J connectivity index is 2.27. The summed E-state index contributed by atoms with van der Waals surface area (Å²) in [5, 5.41) is 13.0. The van der Waals surface area contributed by atoms with Gasteiger partial charge in [0, 0.05) is 18.8 Å². The Morgan fingerprint density at radius 1 is 1.44 bits per heavy atom. The van der Waals surface area contributed by atoms with E-state index in [1.807, 2.05) is 6.26 Å². The summed E-state index contributed by atoms with van der Waals surface area (Å²) in [5.74, 6) is 0. The van der Waals surface area contributed by atoms with E-state index < -0.39 is 6.10 Å². The van der Waals surface area contributed by atoms with E-state index in [4.69, 9.17) is 4.18 Å². The van der Waals surface area contributed by atoms with Crippen LogP contribution in [0.15, 0.2) is 24.3 Å². The van der Waals surface area contributed by atoms with Crippen LogP contribution in [0.1, 0.15) is 18.1 Å². The number of hydrogen-bond donors (Lipinski definition) is 2. The van der Waals surface area contributed by atoms with Crippen LogP contribution in [0.5, 0.6) is 0 Å². The van der Waals surface area contributed by atoms with Crippen LogP contribution in [0.25, 0.3) is 0 Å². The third-order valence-corrected chi connectivity index (χ3v) is 3.08. The van der Waals surface area contributed by atoms with Crippen molar-refractivity contribution in [3.63, 3.8) is 0 Å². The maximum atomic E-state index is 9.64. The molecule has 0 amide bonds. The number of hydrogen-bond acceptors (Lipinski definition) is 4. The van der Waals surface area contributed by atoms with Gasteiger partial charge in [0.05, 0.1) is 12.7 Å². The molecule has 0 aliphatic heterocycles. The average Bonchev–Trinajstić information content (AvgIpc) is 2.34. The minimum atomic E-state index is -0.447. The number of nitrogens with one attached hydrogen (secondary N) is 1. The van der Waals surface area contributed by atoms with Gasteiger partial charge in [0.2, 0.25) is 0 Å². The molecule has 1 aromatic rings. The lowest BCUT2D eigenvalue weighted by Crippen LogP contribution is -2.36. The van der Waals surface area contributed by atoms with Crippen molar-refractivity contribution in [3.05, 3.63) is 35.4 Å². The molecule has 0 aliphatic rings. The summed E-state index contributed by atoms with van der Waals surface area (Å²) < 4.78 is 5.09. The van der Waals surface area contributed by atoms with Gasteiger partial charge in [0.25, 0.3) is 0 Å². The summed E-state index contributed by atoms with van der Waals surface area (Å²) in [6.07, 6.45) is 2.37. The Bertz CT molecular complexity index is 346. The van der Waals surface area contributed by atoms with Crippen molar-refractivity contribution >= 4 is 12.0 Å². The predicted molar refractivity (Wildman–Crippen MR) is 77.8 cm³/mol. The van der Waals surface area contributed by atoms with Crippen molar-refractivity contribution in [3.8, 4) is 0 Å². The molecule has 2 unspecified atom stereocenters. The van der Waals surface area contributed by atoms with Crippen LogP contribution in [0.3, 0.4) is 0 Å². The molecule has 3 nitrogen and oxygen atoms in total. The largest absolute Gasteiger partial charge is 0.389 e. The maximum absolute atomic E-state index is 9.64. The summed E-state index contributed by atoms with van der Waals surface area (Å²) >= 11 is 1.28. The smallest absolute Gasteiger partial charge is 0.0910 e. The molecule has 18 heavy (non-hydrogen) atoms. The fourth-order valence-electron chi connectivity index (χ4n) is 1.81. The van der Waals surface area contributed by atoms with Crippen molar-refractivity contribution in [2.45, 2.75) is 32.4 Å². The molecule has 0 spiro atoms.